The minimum Gasteiger partial charge on any atom is -0.315 e. The van der Waals surface area contributed by atoms with Crippen LogP contribution in [0.25, 0.3) is 0 Å². The van der Waals surface area contributed by atoms with Crippen molar-refractivity contribution in [1.82, 2.24) is 19.1 Å². The number of nitrogens with zero attached hydrogens (tertiary/aromatic N) is 4. The largest absolute Gasteiger partial charge is 0.315 e. The zero-order valence-electron chi connectivity index (χ0n) is 10.1. The highest BCUT2D eigenvalue weighted by Gasteiger charge is 2.30. The summed E-state index contributed by atoms with van der Waals surface area (Å²) in [6.07, 6.45) is 1.63. The average Bonchev–Trinajstić information content (AvgIpc) is 2.96. The molecule has 19 heavy (non-hydrogen) atoms. The highest BCUT2D eigenvalue weighted by Crippen LogP contribution is 2.33. The molecule has 0 saturated carbocycles. The van der Waals surface area contributed by atoms with Gasteiger partial charge in [-0.1, -0.05) is 0 Å². The molecular weight excluding hydrogens is 352 g/mol. The van der Waals surface area contributed by atoms with Crippen LogP contribution < -0.4 is 0 Å². The van der Waals surface area contributed by atoms with Crippen molar-refractivity contribution in [1.29, 1.82) is 0 Å². The smallest absolute Gasteiger partial charge is 0.253 e. The lowest BCUT2D eigenvalue weighted by atomic mass is 10.4. The van der Waals surface area contributed by atoms with Crippen molar-refractivity contribution >= 4 is 37.3 Å². The van der Waals surface area contributed by atoms with Crippen molar-refractivity contribution in [2.75, 3.05) is 6.54 Å². The Bertz CT molecular complexity index is 702. The van der Waals surface area contributed by atoms with Crippen LogP contribution >= 0.6 is 27.3 Å². The molecule has 3 heterocycles. The van der Waals surface area contributed by atoms with Gasteiger partial charge in [0, 0.05) is 13.1 Å². The van der Waals surface area contributed by atoms with E-state index >= 15 is 0 Å². The summed E-state index contributed by atoms with van der Waals surface area (Å²) in [4.78, 5) is 0. The highest BCUT2D eigenvalue weighted by atomic mass is 79.9. The molecule has 6 nitrogen and oxygen atoms in total. The van der Waals surface area contributed by atoms with Crippen LogP contribution in [0.5, 0.6) is 0 Å². The molecule has 0 amide bonds. The van der Waals surface area contributed by atoms with Crippen molar-refractivity contribution in [2.45, 2.75) is 24.2 Å². The molecule has 0 radical (unpaired) electrons. The van der Waals surface area contributed by atoms with E-state index < -0.39 is 10.0 Å². The van der Waals surface area contributed by atoms with Crippen LogP contribution in [0.15, 0.2) is 20.4 Å². The van der Waals surface area contributed by atoms with Crippen LogP contribution in [-0.2, 0) is 23.1 Å². The molecule has 0 aromatic carbocycles. The van der Waals surface area contributed by atoms with Gasteiger partial charge in [-0.25, -0.2) is 8.42 Å². The lowest BCUT2D eigenvalue weighted by Crippen LogP contribution is -2.37. The van der Waals surface area contributed by atoms with Crippen molar-refractivity contribution in [3.05, 3.63) is 27.6 Å². The minimum absolute atomic E-state index is 0.275. The van der Waals surface area contributed by atoms with Gasteiger partial charge in [0.05, 0.1) is 10.3 Å². The molecular formula is C10H11BrN4O2S2. The first-order chi connectivity index (χ1) is 8.98. The standard InChI is InChI=1S/C10H11BrN4O2S2/c1-7-4-9(18-10(7)11)19(16,17)15-3-2-14-6-12-13-8(14)5-15/h4,6H,2-3,5H2,1H3. The molecule has 0 fully saturated rings. The predicted octanol–water partition coefficient (Wildman–Crippen LogP) is 1.62. The fourth-order valence-electron chi connectivity index (χ4n) is 1.94. The molecule has 0 aliphatic carbocycles. The Morgan fingerprint density at radius 2 is 2.21 bits per heavy atom. The number of aryl methyl sites for hydroxylation is 1. The molecule has 9 heteroatoms. The highest BCUT2D eigenvalue weighted by molar-refractivity contribution is 9.11. The lowest BCUT2D eigenvalue weighted by Gasteiger charge is -2.25. The number of hydrogen-bond donors (Lipinski definition) is 0. The summed E-state index contributed by atoms with van der Waals surface area (Å²) in [6.45, 7) is 3.19. The fourth-order valence-corrected chi connectivity index (χ4v) is 5.70. The summed E-state index contributed by atoms with van der Waals surface area (Å²) in [5.74, 6) is 0.683. The second kappa shape index (κ2) is 4.65. The summed E-state index contributed by atoms with van der Waals surface area (Å²) in [5, 5.41) is 7.74. The number of rotatable bonds is 2. The predicted molar refractivity (Wildman–Crippen MR) is 74.4 cm³/mol. The second-order valence-corrected chi connectivity index (χ2v) is 8.84. The van der Waals surface area contributed by atoms with E-state index in [1.54, 1.807) is 12.4 Å². The number of halogens is 1. The number of fused-ring (bicyclic) bond motifs is 1. The molecule has 0 bridgehead atoms. The zero-order chi connectivity index (χ0) is 13.6. The van der Waals surface area contributed by atoms with Gasteiger partial charge in [-0.2, -0.15) is 4.31 Å². The second-order valence-electron chi connectivity index (χ2n) is 4.30. The lowest BCUT2D eigenvalue weighted by molar-refractivity contribution is 0.336. The SMILES string of the molecule is Cc1cc(S(=O)(=O)N2CCn3cnnc3C2)sc1Br. The van der Waals surface area contributed by atoms with Crippen LogP contribution in [0, 0.1) is 6.92 Å². The normalized spacial score (nSPS) is 16.5. The molecule has 2 aromatic heterocycles. The third-order valence-electron chi connectivity index (χ3n) is 3.03. The molecule has 0 unspecified atom stereocenters. The van der Waals surface area contributed by atoms with Gasteiger partial charge in [0.25, 0.3) is 10.0 Å². The number of aromatic nitrogens is 3. The Kier molecular flexibility index (Phi) is 3.24. The Hall–Kier alpha value is -0.770. The Balaban J connectivity index is 1.94. The third kappa shape index (κ3) is 2.24. The van der Waals surface area contributed by atoms with Gasteiger partial charge < -0.3 is 4.57 Å². The Morgan fingerprint density at radius 1 is 1.42 bits per heavy atom. The zero-order valence-corrected chi connectivity index (χ0v) is 13.3. The first-order valence-corrected chi connectivity index (χ1v) is 8.66. The van der Waals surface area contributed by atoms with Gasteiger partial charge in [0.2, 0.25) is 0 Å². The van der Waals surface area contributed by atoms with Gasteiger partial charge in [-0.05, 0) is 34.5 Å². The molecule has 102 valence electrons. The van der Waals surface area contributed by atoms with E-state index in [-0.39, 0.29) is 6.54 Å². The van der Waals surface area contributed by atoms with E-state index in [1.807, 2.05) is 11.5 Å². The van der Waals surface area contributed by atoms with Gasteiger partial charge in [-0.15, -0.1) is 21.5 Å². The van der Waals surface area contributed by atoms with Crippen LogP contribution in [0.1, 0.15) is 11.4 Å². The molecule has 2 aromatic rings. The molecule has 0 atom stereocenters. The third-order valence-corrected chi connectivity index (χ3v) is 7.46. The molecule has 0 spiro atoms. The maximum Gasteiger partial charge on any atom is 0.253 e. The molecule has 0 saturated heterocycles. The molecule has 0 N–H and O–H groups in total. The molecule has 3 rings (SSSR count). The van der Waals surface area contributed by atoms with Crippen LogP contribution in [0.3, 0.4) is 0 Å². The summed E-state index contributed by atoms with van der Waals surface area (Å²) >= 11 is 4.60. The fraction of sp³-hybridized carbons (Fsp3) is 0.400. The average molecular weight is 363 g/mol. The topological polar surface area (TPSA) is 68.1 Å². The molecule has 1 aliphatic heterocycles. The van der Waals surface area contributed by atoms with E-state index in [0.717, 1.165) is 9.35 Å². The van der Waals surface area contributed by atoms with Crippen molar-refractivity contribution < 1.29 is 8.42 Å². The molecule has 1 aliphatic rings. The van der Waals surface area contributed by atoms with Gasteiger partial charge in [0.1, 0.15) is 16.4 Å². The first kappa shape index (κ1) is 13.2. The monoisotopic (exact) mass is 362 g/mol. The minimum atomic E-state index is -3.44. The van der Waals surface area contributed by atoms with E-state index in [2.05, 4.69) is 26.1 Å². The quantitative estimate of drug-likeness (QED) is 0.813. The Morgan fingerprint density at radius 3 is 2.89 bits per heavy atom. The van der Waals surface area contributed by atoms with Crippen molar-refractivity contribution in [2.24, 2.45) is 0 Å². The summed E-state index contributed by atoms with van der Waals surface area (Å²) < 4.78 is 29.6. The van der Waals surface area contributed by atoms with Gasteiger partial charge in [-0.3, -0.25) is 0 Å². The van der Waals surface area contributed by atoms with E-state index in [4.69, 9.17) is 0 Å². The van der Waals surface area contributed by atoms with E-state index in [9.17, 15) is 8.42 Å². The maximum absolute atomic E-state index is 12.5. The van der Waals surface area contributed by atoms with Crippen LogP contribution in [0.2, 0.25) is 0 Å². The van der Waals surface area contributed by atoms with Crippen molar-refractivity contribution in [3.8, 4) is 0 Å². The van der Waals surface area contributed by atoms with E-state index in [0.29, 0.717) is 23.1 Å². The number of hydrogen-bond acceptors (Lipinski definition) is 5. The van der Waals surface area contributed by atoms with Crippen LogP contribution in [0.4, 0.5) is 0 Å². The van der Waals surface area contributed by atoms with Gasteiger partial charge >= 0.3 is 0 Å². The first-order valence-electron chi connectivity index (χ1n) is 5.61. The summed E-state index contributed by atoms with van der Waals surface area (Å²) in [7, 11) is -3.44. The summed E-state index contributed by atoms with van der Waals surface area (Å²) in [5.41, 5.74) is 0.934. The van der Waals surface area contributed by atoms with Crippen LogP contribution in [-0.4, -0.2) is 34.0 Å². The van der Waals surface area contributed by atoms with Gasteiger partial charge in [0.15, 0.2) is 0 Å². The van der Waals surface area contributed by atoms with Crippen molar-refractivity contribution in [3.63, 3.8) is 0 Å². The number of sulfonamides is 1. The van der Waals surface area contributed by atoms with E-state index in [1.165, 1.54) is 15.6 Å². The maximum atomic E-state index is 12.5. The summed E-state index contributed by atoms with van der Waals surface area (Å²) in [6, 6.07) is 1.70. The number of thiophene rings is 1. The Labute approximate surface area is 123 Å².